The summed E-state index contributed by atoms with van der Waals surface area (Å²) in [6.45, 7) is 2.53. The summed E-state index contributed by atoms with van der Waals surface area (Å²) < 4.78 is 26.9. The molecular weight excluding hydrogens is 322 g/mol. The molecule has 25 heavy (non-hydrogen) atoms. The highest BCUT2D eigenvalue weighted by Crippen LogP contribution is 2.33. The first-order valence-electron chi connectivity index (χ1n) is 9.10. The van der Waals surface area contributed by atoms with Gasteiger partial charge in [-0.25, -0.2) is 18.7 Å². The molecule has 0 amide bonds. The van der Waals surface area contributed by atoms with Crippen molar-refractivity contribution in [1.82, 2.24) is 14.9 Å². The molecule has 1 saturated heterocycles. The molecule has 0 bridgehead atoms. The largest absolute Gasteiger partial charge is 0.367 e. The lowest BCUT2D eigenvalue weighted by Crippen LogP contribution is -2.40. The molecule has 134 valence electrons. The van der Waals surface area contributed by atoms with Gasteiger partial charge in [-0.05, 0) is 44.7 Å². The smallest absolute Gasteiger partial charge is 0.261 e. The number of benzene rings is 1. The van der Waals surface area contributed by atoms with Crippen LogP contribution in [0.15, 0.2) is 24.5 Å². The average Bonchev–Trinajstić information content (AvgIpc) is 2.96. The lowest BCUT2D eigenvalue weighted by Gasteiger charge is -2.35. The van der Waals surface area contributed by atoms with Crippen molar-refractivity contribution in [2.75, 3.05) is 18.4 Å². The second kappa shape index (κ2) is 6.48. The minimum atomic E-state index is -2.49. The van der Waals surface area contributed by atoms with E-state index >= 15 is 0 Å². The van der Waals surface area contributed by atoms with E-state index in [4.69, 9.17) is 0 Å². The molecule has 1 N–H and O–H groups in total. The molecule has 4 rings (SSSR count). The maximum absolute atomic E-state index is 13.4. The Hall–Kier alpha value is -1.82. The van der Waals surface area contributed by atoms with E-state index in [1.54, 1.807) is 6.33 Å². The highest BCUT2D eigenvalue weighted by atomic mass is 19.3. The standard InChI is InChI=1S/C19H24F2N4/c1-13-2-7-17-16(10-13)18(23-12-22-17)24-14-3-5-15(6-4-14)25-9-8-19(20,21)11-25/h2,7,10,12,14-15H,3-6,8-9,11H2,1H3,(H,22,23,24)/t14-,15-. The summed E-state index contributed by atoms with van der Waals surface area (Å²) >= 11 is 0. The Labute approximate surface area is 146 Å². The number of anilines is 1. The molecule has 2 heterocycles. The quantitative estimate of drug-likeness (QED) is 0.912. The van der Waals surface area contributed by atoms with Gasteiger partial charge in [0, 0.05) is 30.4 Å². The molecule has 0 spiro atoms. The van der Waals surface area contributed by atoms with Gasteiger partial charge in [0.25, 0.3) is 5.92 Å². The van der Waals surface area contributed by atoms with Gasteiger partial charge in [-0.3, -0.25) is 4.90 Å². The Balaban J connectivity index is 1.40. The van der Waals surface area contributed by atoms with Gasteiger partial charge in [-0.1, -0.05) is 11.6 Å². The van der Waals surface area contributed by atoms with Gasteiger partial charge in [0.1, 0.15) is 12.1 Å². The number of fused-ring (bicyclic) bond motifs is 1. The predicted molar refractivity (Wildman–Crippen MR) is 95.1 cm³/mol. The second-order valence-corrected chi connectivity index (χ2v) is 7.47. The number of hydrogen-bond donors (Lipinski definition) is 1. The Morgan fingerprint density at radius 3 is 2.68 bits per heavy atom. The van der Waals surface area contributed by atoms with Crippen molar-refractivity contribution in [3.8, 4) is 0 Å². The third-order valence-corrected chi connectivity index (χ3v) is 5.54. The summed E-state index contributed by atoms with van der Waals surface area (Å²) in [6, 6.07) is 6.82. The van der Waals surface area contributed by atoms with Crippen molar-refractivity contribution in [3.05, 3.63) is 30.1 Å². The Morgan fingerprint density at radius 1 is 1.16 bits per heavy atom. The summed E-state index contributed by atoms with van der Waals surface area (Å²) in [4.78, 5) is 10.7. The molecule has 4 nitrogen and oxygen atoms in total. The topological polar surface area (TPSA) is 41.1 Å². The van der Waals surface area contributed by atoms with E-state index in [1.165, 1.54) is 5.56 Å². The number of halogens is 2. The first-order chi connectivity index (χ1) is 12.0. The fraction of sp³-hybridized carbons (Fsp3) is 0.579. The minimum Gasteiger partial charge on any atom is -0.367 e. The zero-order chi connectivity index (χ0) is 17.4. The van der Waals surface area contributed by atoms with Crippen molar-refractivity contribution in [1.29, 1.82) is 0 Å². The molecule has 1 aromatic carbocycles. The van der Waals surface area contributed by atoms with E-state index < -0.39 is 5.92 Å². The van der Waals surface area contributed by atoms with E-state index in [9.17, 15) is 8.78 Å². The van der Waals surface area contributed by atoms with Gasteiger partial charge < -0.3 is 5.32 Å². The maximum atomic E-state index is 13.4. The molecular formula is C19H24F2N4. The van der Waals surface area contributed by atoms with Gasteiger partial charge in [0.2, 0.25) is 0 Å². The van der Waals surface area contributed by atoms with Crippen LogP contribution in [0, 0.1) is 6.92 Å². The Bertz CT molecular complexity index is 756. The summed E-state index contributed by atoms with van der Waals surface area (Å²) in [5, 5.41) is 4.61. The van der Waals surface area contributed by atoms with Crippen LogP contribution in [0.25, 0.3) is 10.9 Å². The molecule has 0 atom stereocenters. The zero-order valence-corrected chi connectivity index (χ0v) is 14.5. The van der Waals surface area contributed by atoms with Crippen molar-refractivity contribution in [2.45, 2.75) is 57.0 Å². The van der Waals surface area contributed by atoms with Gasteiger partial charge in [0.05, 0.1) is 12.1 Å². The molecule has 6 heteroatoms. The van der Waals surface area contributed by atoms with Gasteiger partial charge in [0.15, 0.2) is 0 Å². The highest BCUT2D eigenvalue weighted by molar-refractivity contribution is 5.89. The van der Waals surface area contributed by atoms with Crippen LogP contribution in [0.5, 0.6) is 0 Å². The Morgan fingerprint density at radius 2 is 1.96 bits per heavy atom. The van der Waals surface area contributed by atoms with Crippen molar-refractivity contribution in [2.24, 2.45) is 0 Å². The van der Waals surface area contributed by atoms with Gasteiger partial charge in [-0.15, -0.1) is 0 Å². The summed E-state index contributed by atoms with van der Waals surface area (Å²) in [5.41, 5.74) is 2.13. The monoisotopic (exact) mass is 346 g/mol. The SMILES string of the molecule is Cc1ccc2ncnc(N[C@H]3CC[C@H](N4CCC(F)(F)C4)CC3)c2c1. The number of aryl methyl sites for hydroxylation is 1. The van der Waals surface area contributed by atoms with E-state index in [-0.39, 0.29) is 13.0 Å². The number of hydrogen-bond acceptors (Lipinski definition) is 4. The molecule has 0 unspecified atom stereocenters. The number of aromatic nitrogens is 2. The minimum absolute atomic E-state index is 0.0114. The van der Waals surface area contributed by atoms with Crippen molar-refractivity contribution in [3.63, 3.8) is 0 Å². The van der Waals surface area contributed by atoms with Gasteiger partial charge in [-0.2, -0.15) is 0 Å². The summed E-state index contributed by atoms with van der Waals surface area (Å²) in [7, 11) is 0. The summed E-state index contributed by atoms with van der Waals surface area (Å²) in [5.74, 6) is -1.61. The van der Waals surface area contributed by atoms with E-state index in [2.05, 4.69) is 34.3 Å². The second-order valence-electron chi connectivity index (χ2n) is 7.47. The normalized spacial score (nSPS) is 26.8. The third-order valence-electron chi connectivity index (χ3n) is 5.54. The predicted octanol–water partition coefficient (Wildman–Crippen LogP) is 4.00. The molecule has 2 aliphatic rings. The Kier molecular flexibility index (Phi) is 4.31. The number of nitrogens with zero attached hydrogens (tertiary/aromatic N) is 3. The van der Waals surface area contributed by atoms with Crippen LogP contribution in [-0.4, -0.2) is 46.0 Å². The van der Waals surface area contributed by atoms with E-state index in [1.807, 2.05) is 11.0 Å². The first-order valence-corrected chi connectivity index (χ1v) is 9.10. The highest BCUT2D eigenvalue weighted by Gasteiger charge is 2.41. The van der Waals surface area contributed by atoms with Crippen molar-refractivity contribution >= 4 is 16.7 Å². The fourth-order valence-corrected chi connectivity index (χ4v) is 4.14. The third kappa shape index (κ3) is 3.59. The van der Waals surface area contributed by atoms with Crippen LogP contribution in [0.3, 0.4) is 0 Å². The maximum Gasteiger partial charge on any atom is 0.261 e. The number of likely N-dealkylation sites (tertiary alicyclic amines) is 1. The van der Waals surface area contributed by atoms with Crippen LogP contribution in [-0.2, 0) is 0 Å². The van der Waals surface area contributed by atoms with Crippen LogP contribution in [0.2, 0.25) is 0 Å². The molecule has 1 aliphatic carbocycles. The molecule has 2 fully saturated rings. The first kappa shape index (κ1) is 16.6. The molecule has 1 saturated carbocycles. The molecule has 1 aliphatic heterocycles. The van der Waals surface area contributed by atoms with E-state index in [0.29, 0.717) is 18.6 Å². The van der Waals surface area contributed by atoms with E-state index in [0.717, 1.165) is 42.4 Å². The fourth-order valence-electron chi connectivity index (χ4n) is 4.14. The molecule has 2 aromatic rings. The number of alkyl halides is 2. The van der Waals surface area contributed by atoms with Crippen LogP contribution in [0.1, 0.15) is 37.7 Å². The number of nitrogens with one attached hydrogen (secondary N) is 1. The van der Waals surface area contributed by atoms with Crippen LogP contribution >= 0.6 is 0 Å². The number of rotatable bonds is 3. The van der Waals surface area contributed by atoms with Crippen LogP contribution < -0.4 is 5.32 Å². The van der Waals surface area contributed by atoms with Crippen LogP contribution in [0.4, 0.5) is 14.6 Å². The summed E-state index contributed by atoms with van der Waals surface area (Å²) in [6.07, 6.45) is 5.52. The van der Waals surface area contributed by atoms with Crippen molar-refractivity contribution < 1.29 is 8.78 Å². The molecule has 0 radical (unpaired) electrons. The van der Waals surface area contributed by atoms with Gasteiger partial charge >= 0.3 is 0 Å². The lowest BCUT2D eigenvalue weighted by atomic mass is 9.90. The average molecular weight is 346 g/mol. The lowest BCUT2D eigenvalue weighted by molar-refractivity contribution is 0.00535. The molecule has 1 aromatic heterocycles. The zero-order valence-electron chi connectivity index (χ0n) is 14.5.